The lowest BCUT2D eigenvalue weighted by atomic mass is 9.88. The second-order valence-electron chi connectivity index (χ2n) is 7.54. The van der Waals surface area contributed by atoms with Crippen LogP contribution in [0.1, 0.15) is 24.5 Å². The summed E-state index contributed by atoms with van der Waals surface area (Å²) in [6.07, 6.45) is 4.32. The molecule has 4 rings (SSSR count). The van der Waals surface area contributed by atoms with E-state index >= 15 is 0 Å². The fraction of sp³-hybridized carbons (Fsp3) is 0.348. The number of phenolic OH excluding ortho intramolecular Hbond substituents is 1. The molecule has 2 unspecified atom stereocenters. The highest BCUT2D eigenvalue weighted by Crippen LogP contribution is 2.26. The predicted octanol–water partition coefficient (Wildman–Crippen LogP) is 3.33. The van der Waals surface area contributed by atoms with Crippen molar-refractivity contribution in [3.05, 3.63) is 59.8 Å². The van der Waals surface area contributed by atoms with E-state index in [0.717, 1.165) is 35.9 Å². The minimum Gasteiger partial charge on any atom is -0.508 e. The van der Waals surface area contributed by atoms with Crippen molar-refractivity contribution >= 4 is 16.9 Å². The zero-order chi connectivity index (χ0) is 20.2. The number of phenols is 1. The quantitative estimate of drug-likeness (QED) is 0.536. The summed E-state index contributed by atoms with van der Waals surface area (Å²) in [5.41, 5.74) is 3.47. The summed E-state index contributed by atoms with van der Waals surface area (Å²) < 4.78 is 11.5. The third-order valence-corrected chi connectivity index (χ3v) is 5.36. The van der Waals surface area contributed by atoms with Crippen LogP contribution in [0.5, 0.6) is 11.5 Å². The van der Waals surface area contributed by atoms with Gasteiger partial charge in [0.25, 0.3) is 0 Å². The van der Waals surface area contributed by atoms with E-state index in [2.05, 4.69) is 10.3 Å². The van der Waals surface area contributed by atoms with Crippen molar-refractivity contribution in [2.75, 3.05) is 13.2 Å². The molecule has 0 radical (unpaired) electrons. The molecule has 2 atom stereocenters. The number of benzene rings is 2. The Balaban J connectivity index is 1.36. The average molecular weight is 394 g/mol. The van der Waals surface area contributed by atoms with Crippen LogP contribution in [-0.2, 0) is 22.4 Å². The van der Waals surface area contributed by atoms with Crippen LogP contribution in [0.2, 0.25) is 0 Å². The Morgan fingerprint density at radius 2 is 2.17 bits per heavy atom. The number of aromatic nitrogens is 1. The molecule has 3 N–H and O–H groups in total. The number of rotatable bonds is 7. The topological polar surface area (TPSA) is 83.6 Å². The van der Waals surface area contributed by atoms with Gasteiger partial charge in [-0.1, -0.05) is 12.1 Å². The number of aromatic amines is 1. The van der Waals surface area contributed by atoms with Gasteiger partial charge in [-0.15, -0.1) is 0 Å². The number of hydrogen-bond donors (Lipinski definition) is 3. The van der Waals surface area contributed by atoms with E-state index in [0.29, 0.717) is 12.3 Å². The van der Waals surface area contributed by atoms with Gasteiger partial charge in [-0.2, -0.15) is 0 Å². The summed E-state index contributed by atoms with van der Waals surface area (Å²) in [6, 6.07) is 13.7. The molecule has 1 aromatic heterocycles. The van der Waals surface area contributed by atoms with E-state index in [4.69, 9.17) is 9.47 Å². The van der Waals surface area contributed by atoms with Crippen LogP contribution in [0.3, 0.4) is 0 Å². The molecular weight excluding hydrogens is 368 g/mol. The number of hydrogen-bond acceptors (Lipinski definition) is 5. The van der Waals surface area contributed by atoms with Gasteiger partial charge in [-0.25, -0.2) is 0 Å². The number of ether oxygens (including phenoxy) is 2. The van der Waals surface area contributed by atoms with E-state index < -0.39 is 0 Å². The fourth-order valence-electron chi connectivity index (χ4n) is 3.95. The molecule has 0 spiro atoms. The Kier molecular flexibility index (Phi) is 5.71. The van der Waals surface area contributed by atoms with E-state index in [9.17, 15) is 9.90 Å². The number of H-pyrrole nitrogens is 1. The Morgan fingerprint density at radius 1 is 1.28 bits per heavy atom. The lowest BCUT2D eigenvalue weighted by molar-refractivity contribution is -0.147. The number of nitrogens with one attached hydrogen (secondary N) is 2. The van der Waals surface area contributed by atoms with Crippen molar-refractivity contribution in [1.82, 2.24) is 10.3 Å². The molecule has 1 heterocycles. The van der Waals surface area contributed by atoms with Crippen molar-refractivity contribution in [2.45, 2.75) is 38.3 Å². The molecule has 0 fully saturated rings. The van der Waals surface area contributed by atoms with Crippen molar-refractivity contribution in [1.29, 1.82) is 0 Å². The highest BCUT2D eigenvalue weighted by molar-refractivity contribution is 5.85. The van der Waals surface area contributed by atoms with Gasteiger partial charge < -0.3 is 24.9 Å². The summed E-state index contributed by atoms with van der Waals surface area (Å²) in [4.78, 5) is 14.7. The lowest BCUT2D eigenvalue weighted by Crippen LogP contribution is -2.42. The molecule has 2 aromatic carbocycles. The lowest BCUT2D eigenvalue weighted by Gasteiger charge is -2.27. The van der Waals surface area contributed by atoms with Gasteiger partial charge in [0, 0.05) is 36.6 Å². The third kappa shape index (κ3) is 4.71. The van der Waals surface area contributed by atoms with Crippen LogP contribution in [0.15, 0.2) is 48.7 Å². The number of fused-ring (bicyclic) bond motifs is 2. The highest BCUT2D eigenvalue weighted by atomic mass is 16.6. The molecule has 0 saturated carbocycles. The third-order valence-electron chi connectivity index (χ3n) is 5.36. The maximum Gasteiger partial charge on any atom is 0.303 e. The maximum atomic E-state index is 11.6. The Bertz CT molecular complexity index is 997. The molecule has 1 aliphatic rings. The zero-order valence-electron chi connectivity index (χ0n) is 16.5. The molecule has 1 aliphatic carbocycles. The van der Waals surface area contributed by atoms with Crippen LogP contribution in [-0.4, -0.2) is 41.4 Å². The predicted molar refractivity (Wildman–Crippen MR) is 111 cm³/mol. The highest BCUT2D eigenvalue weighted by Gasteiger charge is 2.21. The summed E-state index contributed by atoms with van der Waals surface area (Å²) in [6.45, 7) is 2.21. The first-order valence-electron chi connectivity index (χ1n) is 9.99. The van der Waals surface area contributed by atoms with Crippen molar-refractivity contribution < 1.29 is 19.4 Å². The van der Waals surface area contributed by atoms with Gasteiger partial charge in [-0.3, -0.25) is 4.79 Å². The number of esters is 1. The van der Waals surface area contributed by atoms with E-state index in [1.54, 1.807) is 6.07 Å². The van der Waals surface area contributed by atoms with E-state index in [1.165, 1.54) is 18.1 Å². The van der Waals surface area contributed by atoms with Crippen molar-refractivity contribution in [3.8, 4) is 11.5 Å². The van der Waals surface area contributed by atoms with Gasteiger partial charge in [0.1, 0.15) is 24.2 Å². The molecule has 29 heavy (non-hydrogen) atoms. The largest absolute Gasteiger partial charge is 0.508 e. The zero-order valence-corrected chi connectivity index (χ0v) is 16.5. The normalized spacial score (nSPS) is 16.9. The minimum atomic E-state index is -0.382. The Labute approximate surface area is 169 Å². The molecule has 0 aliphatic heterocycles. The minimum absolute atomic E-state index is 0.274. The summed E-state index contributed by atoms with van der Waals surface area (Å²) in [5, 5.41) is 14.2. The molecule has 0 bridgehead atoms. The monoisotopic (exact) mass is 394 g/mol. The van der Waals surface area contributed by atoms with Crippen LogP contribution in [0.4, 0.5) is 0 Å². The standard InChI is InChI=1S/C23H26N2O4/c1-15(26)29-20(14-28-23-4-2-3-22-21(23)9-10-24-22)13-25-18-7-5-16-6-8-19(27)12-17(16)11-18/h2-4,6,8-10,12,18,20,24-25,27H,5,7,11,13-14H2,1H3. The van der Waals surface area contributed by atoms with Gasteiger partial charge in [0.15, 0.2) is 0 Å². The van der Waals surface area contributed by atoms with E-state index in [-0.39, 0.29) is 24.7 Å². The van der Waals surface area contributed by atoms with Gasteiger partial charge >= 0.3 is 5.97 Å². The Hall–Kier alpha value is -2.99. The van der Waals surface area contributed by atoms with Gasteiger partial charge in [-0.05, 0) is 60.7 Å². The molecule has 152 valence electrons. The van der Waals surface area contributed by atoms with Gasteiger partial charge in [0.2, 0.25) is 0 Å². The average Bonchev–Trinajstić information content (AvgIpc) is 3.18. The summed E-state index contributed by atoms with van der Waals surface area (Å²) in [7, 11) is 0. The Morgan fingerprint density at radius 3 is 3.03 bits per heavy atom. The van der Waals surface area contributed by atoms with Gasteiger partial charge in [0.05, 0.1) is 0 Å². The van der Waals surface area contributed by atoms with Crippen molar-refractivity contribution in [3.63, 3.8) is 0 Å². The smallest absolute Gasteiger partial charge is 0.303 e. The fourth-order valence-corrected chi connectivity index (χ4v) is 3.95. The molecule has 6 heteroatoms. The number of carbonyl (C=O) groups excluding carboxylic acids is 1. The SMILES string of the molecule is CC(=O)OC(CNC1CCc2ccc(O)cc2C1)COc1cccc2[nH]ccc12. The molecule has 3 aromatic rings. The first-order chi connectivity index (χ1) is 14.1. The summed E-state index contributed by atoms with van der Waals surface area (Å²) >= 11 is 0. The summed E-state index contributed by atoms with van der Waals surface area (Å²) in [5.74, 6) is 0.747. The molecular formula is C23H26N2O4. The van der Waals surface area contributed by atoms with Crippen LogP contribution in [0.25, 0.3) is 10.9 Å². The maximum absolute atomic E-state index is 11.6. The van der Waals surface area contributed by atoms with Crippen LogP contribution in [0, 0.1) is 0 Å². The first kappa shape index (κ1) is 19.3. The van der Waals surface area contributed by atoms with Crippen LogP contribution >= 0.6 is 0 Å². The number of carbonyl (C=O) groups is 1. The molecule has 0 amide bonds. The second-order valence-corrected chi connectivity index (χ2v) is 7.54. The van der Waals surface area contributed by atoms with E-state index in [1.807, 2.05) is 42.6 Å². The van der Waals surface area contributed by atoms with Crippen LogP contribution < -0.4 is 10.1 Å². The molecule has 0 saturated heterocycles. The number of aromatic hydroxyl groups is 1. The molecule has 6 nitrogen and oxygen atoms in total. The van der Waals surface area contributed by atoms with Crippen molar-refractivity contribution in [2.24, 2.45) is 0 Å². The first-order valence-corrected chi connectivity index (χ1v) is 9.99. The second kappa shape index (κ2) is 8.57. The number of aryl methyl sites for hydroxylation is 1.